The van der Waals surface area contributed by atoms with Crippen LogP contribution in [0.1, 0.15) is 41.0 Å². The van der Waals surface area contributed by atoms with Gasteiger partial charge in [0.15, 0.2) is 0 Å². The summed E-state index contributed by atoms with van der Waals surface area (Å²) in [6.07, 6.45) is 0.683. The maximum atomic E-state index is 11.6. The molecule has 1 amide bonds. The molecule has 0 bridgehead atoms. The molecular formula is C12H26N4O2. The molecule has 0 aliphatic rings. The fraction of sp³-hybridized carbons (Fsp3) is 0.833. The van der Waals surface area contributed by atoms with Crippen molar-refractivity contribution < 1.29 is 10.0 Å². The second kappa shape index (κ2) is 7.20. The number of carbonyl (C=O) groups excluding carboxylic acids is 1. The predicted octanol–water partition coefficient (Wildman–Crippen LogP) is 0.652. The normalized spacial score (nSPS) is 14.7. The van der Waals surface area contributed by atoms with Gasteiger partial charge in [-0.3, -0.25) is 4.79 Å². The van der Waals surface area contributed by atoms with Crippen LogP contribution in [0.4, 0.5) is 0 Å². The molecule has 0 spiro atoms. The van der Waals surface area contributed by atoms with Crippen LogP contribution in [0.5, 0.6) is 0 Å². The van der Waals surface area contributed by atoms with E-state index in [1.54, 1.807) is 0 Å². The van der Waals surface area contributed by atoms with Crippen LogP contribution in [0.2, 0.25) is 0 Å². The van der Waals surface area contributed by atoms with Crippen molar-refractivity contribution in [3.63, 3.8) is 0 Å². The van der Waals surface area contributed by atoms with Gasteiger partial charge in [0.2, 0.25) is 5.91 Å². The Morgan fingerprint density at radius 2 is 1.94 bits per heavy atom. The van der Waals surface area contributed by atoms with Crippen LogP contribution >= 0.6 is 0 Å². The first-order valence-corrected chi connectivity index (χ1v) is 6.22. The van der Waals surface area contributed by atoms with E-state index < -0.39 is 5.41 Å². The van der Waals surface area contributed by atoms with E-state index in [4.69, 9.17) is 10.9 Å². The van der Waals surface area contributed by atoms with Crippen molar-refractivity contribution in [3.05, 3.63) is 0 Å². The fourth-order valence-corrected chi connectivity index (χ4v) is 1.37. The third-order valence-electron chi connectivity index (χ3n) is 2.83. The molecule has 106 valence electrons. The standard InChI is InChI=1S/C12H26N4O2/c1-8(2)15-10(17)9(3)14-7-6-12(4,5)11(13)16-18/h8-9,14,18H,6-7H2,1-5H3,(H2,13,16)(H,15,17). The minimum absolute atomic E-state index is 0.0217. The quantitative estimate of drug-likeness (QED) is 0.233. The van der Waals surface area contributed by atoms with Crippen molar-refractivity contribution in [2.75, 3.05) is 6.54 Å². The summed E-state index contributed by atoms with van der Waals surface area (Å²) in [5.41, 5.74) is 5.19. The Morgan fingerprint density at radius 1 is 1.39 bits per heavy atom. The summed E-state index contributed by atoms with van der Waals surface area (Å²) in [7, 11) is 0. The molecule has 0 heterocycles. The molecule has 0 fully saturated rings. The number of hydrogen-bond donors (Lipinski definition) is 4. The molecule has 0 aliphatic carbocycles. The average Bonchev–Trinajstić information content (AvgIpc) is 2.26. The lowest BCUT2D eigenvalue weighted by Gasteiger charge is -2.24. The van der Waals surface area contributed by atoms with E-state index in [0.29, 0.717) is 13.0 Å². The van der Waals surface area contributed by atoms with Gasteiger partial charge < -0.3 is 21.6 Å². The van der Waals surface area contributed by atoms with Crippen molar-refractivity contribution in [2.45, 2.75) is 53.1 Å². The highest BCUT2D eigenvalue weighted by atomic mass is 16.4. The number of carbonyl (C=O) groups is 1. The van der Waals surface area contributed by atoms with Crippen molar-refractivity contribution in [1.29, 1.82) is 0 Å². The van der Waals surface area contributed by atoms with E-state index in [1.807, 2.05) is 34.6 Å². The van der Waals surface area contributed by atoms with E-state index in [0.717, 1.165) is 0 Å². The first kappa shape index (κ1) is 16.7. The van der Waals surface area contributed by atoms with Gasteiger partial charge in [-0.05, 0) is 33.7 Å². The maximum absolute atomic E-state index is 11.6. The van der Waals surface area contributed by atoms with Gasteiger partial charge in [-0.1, -0.05) is 19.0 Å². The third-order valence-corrected chi connectivity index (χ3v) is 2.83. The second-order valence-electron chi connectivity index (χ2n) is 5.46. The number of amidine groups is 1. The molecule has 0 aliphatic heterocycles. The summed E-state index contributed by atoms with van der Waals surface area (Å²) in [4.78, 5) is 11.6. The molecule has 0 radical (unpaired) electrons. The topological polar surface area (TPSA) is 99.7 Å². The Hall–Kier alpha value is -1.30. The van der Waals surface area contributed by atoms with Crippen LogP contribution in [0, 0.1) is 5.41 Å². The molecule has 5 N–H and O–H groups in total. The number of hydrogen-bond acceptors (Lipinski definition) is 4. The summed E-state index contributed by atoms with van der Waals surface area (Å²) in [6.45, 7) is 10.1. The highest BCUT2D eigenvalue weighted by Crippen LogP contribution is 2.19. The third kappa shape index (κ3) is 5.86. The molecule has 0 aromatic carbocycles. The Balaban J connectivity index is 4.08. The maximum Gasteiger partial charge on any atom is 0.237 e. The summed E-state index contributed by atoms with van der Waals surface area (Å²) >= 11 is 0. The van der Waals surface area contributed by atoms with Crippen LogP contribution in [0.3, 0.4) is 0 Å². The molecule has 18 heavy (non-hydrogen) atoms. The smallest absolute Gasteiger partial charge is 0.237 e. The van der Waals surface area contributed by atoms with Gasteiger partial charge in [-0.2, -0.15) is 0 Å². The fourth-order valence-electron chi connectivity index (χ4n) is 1.37. The molecule has 0 aromatic rings. The van der Waals surface area contributed by atoms with Crippen LogP contribution < -0.4 is 16.4 Å². The summed E-state index contributed by atoms with van der Waals surface area (Å²) in [5.74, 6) is 0.176. The molecule has 0 saturated carbocycles. The zero-order valence-electron chi connectivity index (χ0n) is 11.9. The molecule has 1 unspecified atom stereocenters. The molecular weight excluding hydrogens is 232 g/mol. The highest BCUT2D eigenvalue weighted by molar-refractivity contribution is 5.85. The van der Waals surface area contributed by atoms with Gasteiger partial charge >= 0.3 is 0 Å². The van der Waals surface area contributed by atoms with Crippen LogP contribution in [0.25, 0.3) is 0 Å². The average molecular weight is 258 g/mol. The van der Waals surface area contributed by atoms with Crippen molar-refractivity contribution >= 4 is 11.7 Å². The monoisotopic (exact) mass is 258 g/mol. The first-order chi connectivity index (χ1) is 8.20. The molecule has 0 aromatic heterocycles. The van der Waals surface area contributed by atoms with E-state index in [9.17, 15) is 4.79 Å². The lowest BCUT2D eigenvalue weighted by Crippen LogP contribution is -2.46. The van der Waals surface area contributed by atoms with Gasteiger partial charge in [0.1, 0.15) is 5.84 Å². The summed E-state index contributed by atoms with van der Waals surface area (Å²) in [5, 5.41) is 17.6. The van der Waals surface area contributed by atoms with Gasteiger partial charge in [0, 0.05) is 11.5 Å². The number of nitrogens with zero attached hydrogens (tertiary/aromatic N) is 1. The SMILES string of the molecule is CC(C)NC(=O)C(C)NCCC(C)(C)C(N)=NO. The Morgan fingerprint density at radius 3 is 2.39 bits per heavy atom. The van der Waals surface area contributed by atoms with Gasteiger partial charge in [-0.15, -0.1) is 0 Å². The highest BCUT2D eigenvalue weighted by Gasteiger charge is 2.23. The van der Waals surface area contributed by atoms with E-state index in [-0.39, 0.29) is 23.8 Å². The van der Waals surface area contributed by atoms with Crippen molar-refractivity contribution in [1.82, 2.24) is 10.6 Å². The Bertz CT molecular complexity index is 300. The van der Waals surface area contributed by atoms with Crippen LogP contribution in [0.15, 0.2) is 5.16 Å². The number of rotatable bonds is 7. The minimum atomic E-state index is -0.393. The minimum Gasteiger partial charge on any atom is -0.409 e. The Kier molecular flexibility index (Phi) is 6.68. The second-order valence-corrected chi connectivity index (χ2v) is 5.46. The van der Waals surface area contributed by atoms with Gasteiger partial charge in [0.25, 0.3) is 0 Å². The number of nitrogens with two attached hydrogens (primary N) is 1. The number of oxime groups is 1. The molecule has 1 atom stereocenters. The predicted molar refractivity (Wildman–Crippen MR) is 72.6 cm³/mol. The molecule has 6 nitrogen and oxygen atoms in total. The lowest BCUT2D eigenvalue weighted by atomic mass is 9.88. The zero-order valence-corrected chi connectivity index (χ0v) is 11.9. The van der Waals surface area contributed by atoms with Crippen molar-refractivity contribution in [3.8, 4) is 0 Å². The van der Waals surface area contributed by atoms with Crippen molar-refractivity contribution in [2.24, 2.45) is 16.3 Å². The molecule has 0 saturated heterocycles. The number of nitrogens with one attached hydrogen (secondary N) is 2. The largest absolute Gasteiger partial charge is 0.409 e. The van der Waals surface area contributed by atoms with Crippen LogP contribution in [-0.2, 0) is 4.79 Å². The molecule has 6 heteroatoms. The van der Waals surface area contributed by atoms with Gasteiger partial charge in [0.05, 0.1) is 6.04 Å². The molecule has 0 rings (SSSR count). The van der Waals surface area contributed by atoms with E-state index in [1.165, 1.54) is 0 Å². The summed E-state index contributed by atoms with van der Waals surface area (Å²) < 4.78 is 0. The van der Waals surface area contributed by atoms with Crippen LogP contribution in [-0.4, -0.2) is 35.6 Å². The van der Waals surface area contributed by atoms with E-state index in [2.05, 4.69) is 15.8 Å². The Labute approximate surface area is 109 Å². The summed E-state index contributed by atoms with van der Waals surface area (Å²) in [6, 6.07) is -0.120. The zero-order chi connectivity index (χ0) is 14.3. The first-order valence-electron chi connectivity index (χ1n) is 6.22. The number of amides is 1. The lowest BCUT2D eigenvalue weighted by molar-refractivity contribution is -0.123. The van der Waals surface area contributed by atoms with E-state index >= 15 is 0 Å². The van der Waals surface area contributed by atoms with Gasteiger partial charge in [-0.25, -0.2) is 0 Å².